The van der Waals surface area contributed by atoms with E-state index in [1.807, 2.05) is 43.5 Å². The fourth-order valence-electron chi connectivity index (χ4n) is 3.76. The predicted molar refractivity (Wildman–Crippen MR) is 116 cm³/mol. The highest BCUT2D eigenvalue weighted by atomic mass is 16.5. The van der Waals surface area contributed by atoms with Crippen molar-refractivity contribution in [3.63, 3.8) is 0 Å². The van der Waals surface area contributed by atoms with Gasteiger partial charge in [-0.25, -0.2) is 9.78 Å². The number of nitrogens with zero attached hydrogens (tertiary/aromatic N) is 3. The Balaban J connectivity index is 1.29. The van der Waals surface area contributed by atoms with Gasteiger partial charge in [-0.3, -0.25) is 4.90 Å². The molecule has 1 atom stereocenters. The summed E-state index contributed by atoms with van der Waals surface area (Å²) in [5, 5.41) is 11.3. The maximum Gasteiger partial charge on any atom is 0.339 e. The summed E-state index contributed by atoms with van der Waals surface area (Å²) in [5.74, 6) is 1.57. The number of aliphatic hydroxyl groups excluding tert-OH is 1. The summed E-state index contributed by atoms with van der Waals surface area (Å²) < 4.78 is 11.1. The Bertz CT molecular complexity index is 1060. The van der Waals surface area contributed by atoms with E-state index in [9.17, 15) is 9.90 Å². The summed E-state index contributed by atoms with van der Waals surface area (Å²) in [6.45, 7) is 7.91. The van der Waals surface area contributed by atoms with Crippen LogP contribution in [0.2, 0.25) is 0 Å². The molecule has 0 amide bonds. The number of aromatic nitrogens is 1. The van der Waals surface area contributed by atoms with E-state index < -0.39 is 6.10 Å². The minimum Gasteiger partial charge on any atom is -0.491 e. The number of aryl methyl sites for hydroxylation is 1. The first-order valence-corrected chi connectivity index (χ1v) is 10.2. The quantitative estimate of drug-likeness (QED) is 0.626. The maximum atomic E-state index is 11.9. The molecule has 2 aromatic heterocycles. The fourth-order valence-corrected chi connectivity index (χ4v) is 3.76. The third-order valence-corrected chi connectivity index (χ3v) is 5.69. The number of piperazine rings is 1. The summed E-state index contributed by atoms with van der Waals surface area (Å²) >= 11 is 0. The lowest BCUT2D eigenvalue weighted by atomic mass is 10.1. The zero-order valence-corrected chi connectivity index (χ0v) is 17.4. The number of aliphatic hydroxyl groups is 1. The minimum absolute atomic E-state index is 0.182. The van der Waals surface area contributed by atoms with Crippen LogP contribution in [-0.2, 0) is 0 Å². The molecule has 3 heterocycles. The van der Waals surface area contributed by atoms with Gasteiger partial charge in [0.15, 0.2) is 0 Å². The molecule has 0 unspecified atom stereocenters. The number of pyridine rings is 1. The SMILES string of the molecule is Cc1c(C)c2ccc(OC[C@@H](O)CN3CCN(c4ccccn4)CC3)cc2oc1=O. The van der Waals surface area contributed by atoms with Crippen molar-refractivity contribution in [2.45, 2.75) is 20.0 Å². The second-order valence-electron chi connectivity index (χ2n) is 7.74. The van der Waals surface area contributed by atoms with Crippen molar-refractivity contribution in [3.05, 3.63) is 64.1 Å². The average Bonchev–Trinajstić information content (AvgIpc) is 2.77. The van der Waals surface area contributed by atoms with Crippen LogP contribution in [0, 0.1) is 13.8 Å². The van der Waals surface area contributed by atoms with Crippen molar-refractivity contribution in [3.8, 4) is 5.75 Å². The highest BCUT2D eigenvalue weighted by Crippen LogP contribution is 2.24. The molecule has 0 aliphatic carbocycles. The molecular formula is C23H27N3O4. The molecule has 1 aliphatic heterocycles. The normalized spacial score (nSPS) is 16.0. The fraction of sp³-hybridized carbons (Fsp3) is 0.391. The number of hydrogen-bond donors (Lipinski definition) is 1. The Kier molecular flexibility index (Phi) is 6.01. The first-order valence-electron chi connectivity index (χ1n) is 10.2. The van der Waals surface area contributed by atoms with Crippen LogP contribution in [-0.4, -0.2) is 60.4 Å². The van der Waals surface area contributed by atoms with Gasteiger partial charge in [-0.1, -0.05) is 6.07 Å². The van der Waals surface area contributed by atoms with Crippen molar-refractivity contribution in [2.75, 3.05) is 44.2 Å². The van der Waals surface area contributed by atoms with Crippen molar-refractivity contribution >= 4 is 16.8 Å². The molecule has 3 aromatic rings. The molecule has 7 nitrogen and oxygen atoms in total. The lowest BCUT2D eigenvalue weighted by Gasteiger charge is -2.36. The lowest BCUT2D eigenvalue weighted by Crippen LogP contribution is -2.49. The third kappa shape index (κ3) is 4.47. The van der Waals surface area contributed by atoms with Crippen molar-refractivity contribution in [2.24, 2.45) is 0 Å². The second-order valence-corrected chi connectivity index (χ2v) is 7.74. The molecule has 158 valence electrons. The zero-order valence-electron chi connectivity index (χ0n) is 17.4. The summed E-state index contributed by atoms with van der Waals surface area (Å²) in [7, 11) is 0. The zero-order chi connectivity index (χ0) is 21.1. The van der Waals surface area contributed by atoms with Gasteiger partial charge in [-0.05, 0) is 43.7 Å². The standard InChI is InChI=1S/C23H27N3O4/c1-16-17(2)23(28)30-21-13-19(6-7-20(16)21)29-15-18(27)14-25-9-11-26(12-10-25)22-5-3-4-8-24-22/h3-8,13,18,27H,9-12,14-15H2,1-2H3/t18-/m0/s1. The number of anilines is 1. The molecule has 0 radical (unpaired) electrons. The largest absolute Gasteiger partial charge is 0.491 e. The van der Waals surface area contributed by atoms with Crippen molar-refractivity contribution < 1.29 is 14.3 Å². The second kappa shape index (κ2) is 8.85. The minimum atomic E-state index is -0.603. The van der Waals surface area contributed by atoms with Crippen LogP contribution in [0.1, 0.15) is 11.1 Å². The molecule has 0 spiro atoms. The molecule has 1 aromatic carbocycles. The van der Waals surface area contributed by atoms with Crippen LogP contribution < -0.4 is 15.3 Å². The Hall–Kier alpha value is -2.90. The molecule has 1 N–H and O–H groups in total. The van der Waals surface area contributed by atoms with E-state index in [0.717, 1.165) is 42.9 Å². The van der Waals surface area contributed by atoms with E-state index in [0.29, 0.717) is 23.4 Å². The first-order chi connectivity index (χ1) is 14.5. The van der Waals surface area contributed by atoms with Crippen LogP contribution in [0.4, 0.5) is 5.82 Å². The lowest BCUT2D eigenvalue weighted by molar-refractivity contribution is 0.0663. The predicted octanol–water partition coefficient (Wildman–Crippen LogP) is 2.37. The van der Waals surface area contributed by atoms with E-state index in [2.05, 4.69) is 14.8 Å². The van der Waals surface area contributed by atoms with Crippen LogP contribution in [0.3, 0.4) is 0 Å². The monoisotopic (exact) mass is 409 g/mol. The summed E-state index contributed by atoms with van der Waals surface area (Å²) in [6, 6.07) is 11.4. The summed E-state index contributed by atoms with van der Waals surface area (Å²) in [5.41, 5.74) is 1.70. The van der Waals surface area contributed by atoms with Crippen LogP contribution in [0.5, 0.6) is 5.75 Å². The van der Waals surface area contributed by atoms with Gasteiger partial charge in [-0.15, -0.1) is 0 Å². The summed E-state index contributed by atoms with van der Waals surface area (Å²) in [6.07, 6.45) is 1.21. The molecule has 7 heteroatoms. The average molecular weight is 409 g/mol. The van der Waals surface area contributed by atoms with E-state index >= 15 is 0 Å². The van der Waals surface area contributed by atoms with E-state index in [1.54, 1.807) is 13.0 Å². The number of β-amino-alcohol motifs (C(OH)–C–C–N with tert-alkyl or cyclic N) is 1. The highest BCUT2D eigenvalue weighted by Gasteiger charge is 2.20. The van der Waals surface area contributed by atoms with E-state index in [1.165, 1.54) is 0 Å². The van der Waals surface area contributed by atoms with Gasteiger partial charge in [0, 0.05) is 55.9 Å². The number of fused-ring (bicyclic) bond motifs is 1. The van der Waals surface area contributed by atoms with Gasteiger partial charge in [-0.2, -0.15) is 0 Å². The summed E-state index contributed by atoms with van der Waals surface area (Å²) in [4.78, 5) is 20.8. The number of hydrogen-bond acceptors (Lipinski definition) is 7. The van der Waals surface area contributed by atoms with Crippen molar-refractivity contribution in [1.82, 2.24) is 9.88 Å². The highest BCUT2D eigenvalue weighted by molar-refractivity contribution is 5.82. The van der Waals surface area contributed by atoms with Crippen LogP contribution in [0.15, 0.2) is 51.8 Å². The van der Waals surface area contributed by atoms with Gasteiger partial charge < -0.3 is 19.2 Å². The maximum absolute atomic E-state index is 11.9. The van der Waals surface area contributed by atoms with Gasteiger partial charge in [0.05, 0.1) is 0 Å². The van der Waals surface area contributed by atoms with Gasteiger partial charge in [0.1, 0.15) is 29.9 Å². The van der Waals surface area contributed by atoms with E-state index in [-0.39, 0.29) is 12.2 Å². The number of rotatable bonds is 6. The first kappa shape index (κ1) is 20.4. The number of ether oxygens (including phenoxy) is 1. The Labute approximate surface area is 175 Å². The van der Waals surface area contributed by atoms with Crippen LogP contribution in [0.25, 0.3) is 11.0 Å². The van der Waals surface area contributed by atoms with E-state index in [4.69, 9.17) is 9.15 Å². The molecule has 0 bridgehead atoms. The molecule has 1 fully saturated rings. The molecule has 0 saturated carbocycles. The molecule has 1 aliphatic rings. The molecular weight excluding hydrogens is 382 g/mol. The van der Waals surface area contributed by atoms with Crippen LogP contribution >= 0.6 is 0 Å². The Morgan fingerprint density at radius 2 is 1.93 bits per heavy atom. The molecule has 30 heavy (non-hydrogen) atoms. The van der Waals surface area contributed by atoms with Gasteiger partial charge in [0.2, 0.25) is 0 Å². The van der Waals surface area contributed by atoms with Gasteiger partial charge in [0.25, 0.3) is 0 Å². The number of benzene rings is 1. The third-order valence-electron chi connectivity index (χ3n) is 5.69. The Morgan fingerprint density at radius 3 is 2.67 bits per heavy atom. The van der Waals surface area contributed by atoms with Gasteiger partial charge >= 0.3 is 5.63 Å². The van der Waals surface area contributed by atoms with Crippen molar-refractivity contribution in [1.29, 1.82) is 0 Å². The smallest absolute Gasteiger partial charge is 0.339 e. The molecule has 1 saturated heterocycles. The topological polar surface area (TPSA) is 79.0 Å². The molecule has 4 rings (SSSR count). The Morgan fingerprint density at radius 1 is 1.13 bits per heavy atom.